The van der Waals surface area contributed by atoms with Crippen molar-refractivity contribution in [3.63, 3.8) is 0 Å². The van der Waals surface area contributed by atoms with E-state index in [1.807, 2.05) is 42.2 Å². The lowest BCUT2D eigenvalue weighted by molar-refractivity contribution is -0.135. The molecule has 0 radical (unpaired) electrons. The Labute approximate surface area is 193 Å². The van der Waals surface area contributed by atoms with Crippen LogP contribution < -0.4 is 9.64 Å². The molecule has 0 aliphatic carbocycles. The number of ether oxygens (including phenoxy) is 1. The predicted molar refractivity (Wildman–Crippen MR) is 124 cm³/mol. The number of anilines is 1. The van der Waals surface area contributed by atoms with Gasteiger partial charge >= 0.3 is 0 Å². The van der Waals surface area contributed by atoms with Crippen molar-refractivity contribution in [3.05, 3.63) is 66.5 Å². The first-order chi connectivity index (χ1) is 16.0. The molecule has 1 aromatic carbocycles. The van der Waals surface area contributed by atoms with E-state index in [-0.39, 0.29) is 30.8 Å². The lowest BCUT2D eigenvalue weighted by Crippen LogP contribution is -2.39. The van der Waals surface area contributed by atoms with Crippen LogP contribution in [-0.4, -0.2) is 53.0 Å². The molecule has 7 nitrogen and oxygen atoms in total. The van der Waals surface area contributed by atoms with Crippen molar-refractivity contribution in [1.82, 2.24) is 19.9 Å². The first-order valence-corrected chi connectivity index (χ1v) is 11.2. The molecule has 172 valence electrons. The minimum atomic E-state index is -0.362. The molecule has 0 bridgehead atoms. The highest BCUT2D eigenvalue weighted by atomic mass is 19.1. The number of hydrogen-bond acceptors (Lipinski definition) is 6. The highest BCUT2D eigenvalue weighted by molar-refractivity contribution is 5.77. The summed E-state index contributed by atoms with van der Waals surface area (Å²) in [7, 11) is 3.80. The highest BCUT2D eigenvalue weighted by Gasteiger charge is 2.31. The minimum Gasteiger partial charge on any atom is -0.493 e. The zero-order chi connectivity index (χ0) is 23.2. The number of nitrogens with zero attached hydrogens (tertiary/aromatic N) is 5. The normalized spacial score (nSPS) is 15.8. The zero-order valence-corrected chi connectivity index (χ0v) is 18.9. The van der Waals surface area contributed by atoms with Gasteiger partial charge in [-0.25, -0.2) is 14.4 Å². The van der Waals surface area contributed by atoms with Crippen molar-refractivity contribution in [1.29, 1.82) is 0 Å². The molecule has 2 aromatic heterocycles. The molecule has 1 fully saturated rings. The van der Waals surface area contributed by atoms with E-state index < -0.39 is 0 Å². The van der Waals surface area contributed by atoms with Gasteiger partial charge in [-0.05, 0) is 49.1 Å². The summed E-state index contributed by atoms with van der Waals surface area (Å²) in [5, 5.41) is 0. The number of hydrogen-bond donors (Lipinski definition) is 0. The second kappa shape index (κ2) is 10.4. The smallest absolute Gasteiger partial charge is 0.226 e. The van der Waals surface area contributed by atoms with Crippen molar-refractivity contribution in [2.24, 2.45) is 0 Å². The highest BCUT2D eigenvalue weighted by Crippen LogP contribution is 2.36. The summed E-state index contributed by atoms with van der Waals surface area (Å²) < 4.78 is 19.0. The summed E-state index contributed by atoms with van der Waals surface area (Å²) >= 11 is 0. The standard InChI is InChI=1S/C25H28FN5O2/c1-30(2)25-28-17-21(18-9-12-27-13-10-18)24(29-25)22-8-3-4-14-31(22)23(32)11-15-33-20-7-5-6-19(26)16-20/h5-7,9-10,12-13,16-17,22H,3-4,8,11,14-15H2,1-2H3/t22-/m0/s1. The van der Waals surface area contributed by atoms with E-state index in [1.165, 1.54) is 12.1 Å². The molecule has 33 heavy (non-hydrogen) atoms. The maximum absolute atomic E-state index is 13.4. The SMILES string of the molecule is CN(C)c1ncc(-c2ccncc2)c([C@@H]2CCCCN2C(=O)CCOc2cccc(F)c2)n1. The zero-order valence-electron chi connectivity index (χ0n) is 18.9. The number of carbonyl (C=O) groups excluding carboxylic acids is 1. The van der Waals surface area contributed by atoms with Crippen molar-refractivity contribution >= 4 is 11.9 Å². The number of aromatic nitrogens is 3. The minimum absolute atomic E-state index is 0.00166. The van der Waals surface area contributed by atoms with Gasteiger partial charge in [-0.2, -0.15) is 0 Å². The fourth-order valence-corrected chi connectivity index (χ4v) is 4.08. The third-order valence-corrected chi connectivity index (χ3v) is 5.72. The number of halogens is 1. The Morgan fingerprint density at radius 3 is 2.79 bits per heavy atom. The van der Waals surface area contributed by atoms with E-state index in [0.717, 1.165) is 36.1 Å². The number of rotatable bonds is 7. The van der Waals surface area contributed by atoms with Crippen molar-refractivity contribution < 1.29 is 13.9 Å². The van der Waals surface area contributed by atoms with Gasteiger partial charge in [0, 0.05) is 50.9 Å². The van der Waals surface area contributed by atoms with E-state index in [2.05, 4.69) is 9.97 Å². The Kier molecular flexibility index (Phi) is 7.12. The summed E-state index contributed by atoms with van der Waals surface area (Å²) in [6.07, 6.45) is 8.33. The van der Waals surface area contributed by atoms with Crippen LogP contribution >= 0.6 is 0 Å². The molecule has 3 heterocycles. The van der Waals surface area contributed by atoms with Gasteiger partial charge in [0.25, 0.3) is 0 Å². The summed E-state index contributed by atoms with van der Waals surface area (Å²) in [6.45, 7) is 0.857. The van der Waals surface area contributed by atoms with Crippen molar-refractivity contribution in [2.75, 3.05) is 32.1 Å². The molecular weight excluding hydrogens is 421 g/mol. The van der Waals surface area contributed by atoms with Crippen molar-refractivity contribution in [2.45, 2.75) is 31.7 Å². The molecule has 0 spiro atoms. The van der Waals surface area contributed by atoms with E-state index in [4.69, 9.17) is 9.72 Å². The van der Waals surface area contributed by atoms with Crippen LogP contribution in [0.25, 0.3) is 11.1 Å². The molecule has 0 unspecified atom stereocenters. The van der Waals surface area contributed by atoms with Crippen LogP contribution in [0.4, 0.5) is 10.3 Å². The lowest BCUT2D eigenvalue weighted by Gasteiger charge is -2.36. The van der Waals surface area contributed by atoms with Crippen LogP contribution in [0.1, 0.15) is 37.4 Å². The number of pyridine rings is 1. The van der Waals surface area contributed by atoms with Gasteiger partial charge in [0.05, 0.1) is 24.8 Å². The molecule has 4 rings (SSSR count). The summed E-state index contributed by atoms with van der Waals surface area (Å²) in [6, 6.07) is 9.66. The first kappa shape index (κ1) is 22.6. The van der Waals surface area contributed by atoms with Gasteiger partial charge in [-0.1, -0.05) is 6.07 Å². The van der Waals surface area contributed by atoms with Crippen LogP contribution in [0, 0.1) is 5.82 Å². The second-order valence-corrected chi connectivity index (χ2v) is 8.25. The topological polar surface area (TPSA) is 71.5 Å². The van der Waals surface area contributed by atoms with Gasteiger partial charge in [0.1, 0.15) is 11.6 Å². The quantitative estimate of drug-likeness (QED) is 0.537. The predicted octanol–water partition coefficient (Wildman–Crippen LogP) is 4.27. The number of likely N-dealkylation sites (tertiary alicyclic amines) is 1. The third kappa shape index (κ3) is 5.45. The number of piperidine rings is 1. The molecule has 1 atom stereocenters. The van der Waals surface area contributed by atoms with Crippen LogP contribution in [0.15, 0.2) is 55.0 Å². The van der Waals surface area contributed by atoms with E-state index >= 15 is 0 Å². The fraction of sp³-hybridized carbons (Fsp3) is 0.360. The molecule has 1 aliphatic heterocycles. The molecule has 8 heteroatoms. The van der Waals surface area contributed by atoms with E-state index in [1.54, 1.807) is 24.5 Å². The molecular formula is C25H28FN5O2. The molecule has 1 saturated heterocycles. The molecule has 1 aliphatic rings. The number of benzene rings is 1. The molecule has 0 N–H and O–H groups in total. The summed E-state index contributed by atoms with van der Waals surface area (Å²) in [5.41, 5.74) is 2.72. The van der Waals surface area contributed by atoms with Gasteiger partial charge in [0.15, 0.2) is 0 Å². The second-order valence-electron chi connectivity index (χ2n) is 8.25. The molecule has 3 aromatic rings. The maximum Gasteiger partial charge on any atom is 0.226 e. The Hall–Kier alpha value is -3.55. The van der Waals surface area contributed by atoms with Crippen LogP contribution in [0.2, 0.25) is 0 Å². The van der Waals surface area contributed by atoms with Crippen LogP contribution in [-0.2, 0) is 4.79 Å². The van der Waals surface area contributed by atoms with Crippen LogP contribution in [0.5, 0.6) is 5.75 Å². The average molecular weight is 450 g/mol. The monoisotopic (exact) mass is 449 g/mol. The van der Waals surface area contributed by atoms with Gasteiger partial charge in [-0.15, -0.1) is 0 Å². The Morgan fingerprint density at radius 1 is 1.21 bits per heavy atom. The number of carbonyl (C=O) groups is 1. The van der Waals surface area contributed by atoms with E-state index in [9.17, 15) is 9.18 Å². The summed E-state index contributed by atoms with van der Waals surface area (Å²) in [4.78, 5) is 30.5. The molecule has 1 amide bonds. The average Bonchev–Trinajstić information content (AvgIpc) is 2.84. The number of amides is 1. The fourth-order valence-electron chi connectivity index (χ4n) is 4.08. The maximum atomic E-state index is 13.4. The Bertz CT molecular complexity index is 1090. The Balaban J connectivity index is 1.57. The lowest BCUT2D eigenvalue weighted by atomic mass is 9.94. The van der Waals surface area contributed by atoms with E-state index in [0.29, 0.717) is 18.2 Å². The third-order valence-electron chi connectivity index (χ3n) is 5.72. The van der Waals surface area contributed by atoms with Gasteiger partial charge in [-0.3, -0.25) is 9.78 Å². The van der Waals surface area contributed by atoms with Crippen LogP contribution in [0.3, 0.4) is 0 Å². The first-order valence-electron chi connectivity index (χ1n) is 11.2. The summed E-state index contributed by atoms with van der Waals surface area (Å²) in [5.74, 6) is 0.667. The Morgan fingerprint density at radius 2 is 2.03 bits per heavy atom. The van der Waals surface area contributed by atoms with Gasteiger partial charge < -0.3 is 14.5 Å². The largest absolute Gasteiger partial charge is 0.493 e. The van der Waals surface area contributed by atoms with Crippen molar-refractivity contribution in [3.8, 4) is 16.9 Å². The van der Waals surface area contributed by atoms with Gasteiger partial charge in [0.2, 0.25) is 11.9 Å². The molecule has 0 saturated carbocycles.